The van der Waals surface area contributed by atoms with Crippen LogP contribution in [0.1, 0.15) is 37.6 Å². The van der Waals surface area contributed by atoms with E-state index in [2.05, 4.69) is 4.98 Å². The quantitative estimate of drug-likeness (QED) is 0.846. The van der Waals surface area contributed by atoms with Gasteiger partial charge in [0.1, 0.15) is 0 Å². The minimum absolute atomic E-state index is 0.0146. The molecule has 0 spiro atoms. The number of carbonyl (C=O) groups excluding carboxylic acids is 2. The molecule has 0 saturated heterocycles. The summed E-state index contributed by atoms with van der Waals surface area (Å²) in [5, 5.41) is 9.18. The number of hydrogen-bond acceptors (Lipinski definition) is 4. The van der Waals surface area contributed by atoms with Gasteiger partial charge in [0, 0.05) is 18.2 Å². The van der Waals surface area contributed by atoms with Crippen molar-refractivity contribution in [1.29, 1.82) is 0 Å². The van der Waals surface area contributed by atoms with Crippen molar-refractivity contribution in [2.75, 3.05) is 4.90 Å². The zero-order valence-electron chi connectivity index (χ0n) is 11.1. The summed E-state index contributed by atoms with van der Waals surface area (Å²) in [5.74, 6) is -0.587. The van der Waals surface area contributed by atoms with Gasteiger partial charge in [-0.25, -0.2) is 9.69 Å². The average Bonchev–Trinajstić information content (AvgIpc) is 2.26. The van der Waals surface area contributed by atoms with Crippen molar-refractivity contribution in [3.05, 3.63) is 24.0 Å². The lowest BCUT2D eigenvalue weighted by Crippen LogP contribution is -2.38. The molecular formula is C13H16N2O4. The molecule has 1 aromatic rings. The summed E-state index contributed by atoms with van der Waals surface area (Å²) < 4.78 is 0. The maximum atomic E-state index is 12.1. The number of hydrogen-bond donors (Lipinski definition) is 1. The number of nitrogens with zero attached hydrogens (tertiary/aromatic N) is 2. The minimum atomic E-state index is -1.43. The van der Waals surface area contributed by atoms with Crippen molar-refractivity contribution in [1.82, 2.24) is 4.98 Å². The Labute approximate surface area is 111 Å². The predicted octanol–water partition coefficient (Wildman–Crippen LogP) is 2.34. The Kier molecular flexibility index (Phi) is 4.37. The number of carboxylic acid groups (broad SMARTS) is 1. The smallest absolute Gasteiger partial charge is 0.418 e. The zero-order chi connectivity index (χ0) is 14.6. The molecule has 1 heterocycles. The topological polar surface area (TPSA) is 87.6 Å². The third kappa shape index (κ3) is 3.87. The number of anilines is 1. The second kappa shape index (κ2) is 5.60. The van der Waals surface area contributed by atoms with Crippen molar-refractivity contribution >= 4 is 24.0 Å². The van der Waals surface area contributed by atoms with Crippen molar-refractivity contribution in [2.45, 2.75) is 27.2 Å². The summed E-state index contributed by atoms with van der Waals surface area (Å²) in [4.78, 5) is 38.6. The van der Waals surface area contributed by atoms with Crippen molar-refractivity contribution in [2.24, 2.45) is 5.41 Å². The second-order valence-electron chi connectivity index (χ2n) is 5.30. The maximum Gasteiger partial charge on any atom is 0.418 e. The highest BCUT2D eigenvalue weighted by Crippen LogP contribution is 2.24. The highest BCUT2D eigenvalue weighted by Gasteiger charge is 2.28. The molecule has 0 radical (unpaired) electrons. The summed E-state index contributed by atoms with van der Waals surface area (Å²) in [6.07, 6.45) is 1.68. The fraction of sp³-hybridized carbons (Fsp3) is 0.385. The molecule has 0 saturated carbocycles. The van der Waals surface area contributed by atoms with Crippen LogP contribution >= 0.6 is 0 Å². The van der Waals surface area contributed by atoms with Crippen LogP contribution in [-0.2, 0) is 4.79 Å². The van der Waals surface area contributed by atoms with Crippen LogP contribution in [0.5, 0.6) is 0 Å². The Balaban J connectivity index is 3.18. The van der Waals surface area contributed by atoms with Gasteiger partial charge in [-0.2, -0.15) is 0 Å². The molecule has 1 aromatic heterocycles. The number of carbonyl (C=O) groups is 3. The first-order valence-electron chi connectivity index (χ1n) is 5.71. The molecule has 2 amide bonds. The molecule has 6 heteroatoms. The summed E-state index contributed by atoms with van der Waals surface area (Å²) in [5.41, 5.74) is -0.257. The van der Waals surface area contributed by atoms with Gasteiger partial charge in [0.25, 0.3) is 0 Å². The Hall–Kier alpha value is -2.24. The van der Waals surface area contributed by atoms with Gasteiger partial charge in [0.2, 0.25) is 5.91 Å². The maximum absolute atomic E-state index is 12.1. The Morgan fingerprint density at radius 2 is 2.05 bits per heavy atom. The summed E-state index contributed by atoms with van der Waals surface area (Å²) in [6.45, 7) is 5.48. The first-order chi connectivity index (χ1) is 8.76. The van der Waals surface area contributed by atoms with Gasteiger partial charge in [0.05, 0.1) is 11.9 Å². The number of aldehydes is 1. The van der Waals surface area contributed by atoms with Crippen LogP contribution in [0.25, 0.3) is 0 Å². The molecule has 0 unspecified atom stereocenters. The van der Waals surface area contributed by atoms with E-state index in [9.17, 15) is 19.5 Å². The van der Waals surface area contributed by atoms with Crippen molar-refractivity contribution in [3.63, 3.8) is 0 Å². The minimum Gasteiger partial charge on any atom is -0.464 e. The van der Waals surface area contributed by atoms with Crippen LogP contribution in [0.4, 0.5) is 10.5 Å². The van der Waals surface area contributed by atoms with Gasteiger partial charge < -0.3 is 5.11 Å². The first-order valence-corrected chi connectivity index (χ1v) is 5.71. The van der Waals surface area contributed by atoms with Crippen LogP contribution in [0.3, 0.4) is 0 Å². The number of imide groups is 1. The monoisotopic (exact) mass is 264 g/mol. The normalized spacial score (nSPS) is 10.9. The van der Waals surface area contributed by atoms with Gasteiger partial charge in [-0.1, -0.05) is 20.8 Å². The molecule has 6 nitrogen and oxygen atoms in total. The standard InChI is InChI=1S/C13H16N2O4/c1-13(2,3)6-11(17)15(12(18)19)10-7-14-5-4-9(10)8-16/h4-5,7-8H,6H2,1-3H3,(H,18,19). The van der Waals surface area contributed by atoms with E-state index in [1.54, 1.807) is 0 Å². The third-order valence-corrected chi connectivity index (χ3v) is 2.32. The average molecular weight is 264 g/mol. The zero-order valence-corrected chi connectivity index (χ0v) is 11.1. The van der Waals surface area contributed by atoms with E-state index in [0.717, 1.165) is 0 Å². The van der Waals surface area contributed by atoms with Gasteiger partial charge in [-0.05, 0) is 11.5 Å². The van der Waals surface area contributed by atoms with E-state index in [1.807, 2.05) is 20.8 Å². The highest BCUT2D eigenvalue weighted by molar-refractivity contribution is 6.13. The lowest BCUT2D eigenvalue weighted by Gasteiger charge is -2.23. The molecule has 0 atom stereocenters. The van der Waals surface area contributed by atoms with Crippen LogP contribution in [0, 0.1) is 5.41 Å². The van der Waals surface area contributed by atoms with Gasteiger partial charge >= 0.3 is 6.09 Å². The lowest BCUT2D eigenvalue weighted by atomic mass is 9.91. The number of rotatable bonds is 3. The molecule has 102 valence electrons. The van der Waals surface area contributed by atoms with Crippen LogP contribution in [0.15, 0.2) is 18.5 Å². The van der Waals surface area contributed by atoms with E-state index < -0.39 is 12.0 Å². The number of amides is 2. The van der Waals surface area contributed by atoms with Crippen LogP contribution < -0.4 is 4.90 Å². The molecule has 1 rings (SSSR count). The van der Waals surface area contributed by atoms with E-state index in [-0.39, 0.29) is 23.1 Å². The number of aromatic nitrogens is 1. The molecular weight excluding hydrogens is 248 g/mol. The Morgan fingerprint density at radius 3 is 2.53 bits per heavy atom. The largest absolute Gasteiger partial charge is 0.464 e. The van der Waals surface area contributed by atoms with E-state index in [4.69, 9.17) is 0 Å². The molecule has 0 bridgehead atoms. The molecule has 0 aliphatic carbocycles. The molecule has 19 heavy (non-hydrogen) atoms. The molecule has 1 N–H and O–H groups in total. The van der Waals surface area contributed by atoms with Gasteiger partial charge in [-0.3, -0.25) is 14.6 Å². The first kappa shape index (κ1) is 14.8. The SMILES string of the molecule is CC(C)(C)CC(=O)N(C(=O)O)c1cnccc1C=O. The van der Waals surface area contributed by atoms with Gasteiger partial charge in [-0.15, -0.1) is 0 Å². The summed E-state index contributed by atoms with van der Waals surface area (Å²) in [6, 6.07) is 1.36. The second-order valence-corrected chi connectivity index (χ2v) is 5.30. The molecule has 0 aliphatic heterocycles. The highest BCUT2D eigenvalue weighted by atomic mass is 16.4. The number of pyridine rings is 1. The van der Waals surface area contributed by atoms with Crippen LogP contribution in [0.2, 0.25) is 0 Å². The summed E-state index contributed by atoms with van der Waals surface area (Å²) in [7, 11) is 0. The lowest BCUT2D eigenvalue weighted by molar-refractivity contribution is -0.119. The fourth-order valence-electron chi connectivity index (χ4n) is 1.56. The Morgan fingerprint density at radius 1 is 1.42 bits per heavy atom. The van der Waals surface area contributed by atoms with E-state index in [0.29, 0.717) is 11.2 Å². The predicted molar refractivity (Wildman–Crippen MR) is 69.2 cm³/mol. The van der Waals surface area contributed by atoms with Crippen molar-refractivity contribution in [3.8, 4) is 0 Å². The fourth-order valence-corrected chi connectivity index (χ4v) is 1.56. The van der Waals surface area contributed by atoms with Crippen LogP contribution in [-0.4, -0.2) is 28.4 Å². The summed E-state index contributed by atoms with van der Waals surface area (Å²) >= 11 is 0. The Bertz CT molecular complexity index is 506. The van der Waals surface area contributed by atoms with Crippen molar-refractivity contribution < 1.29 is 19.5 Å². The van der Waals surface area contributed by atoms with Gasteiger partial charge in [0.15, 0.2) is 6.29 Å². The van der Waals surface area contributed by atoms with E-state index in [1.165, 1.54) is 18.5 Å². The molecule has 0 aliphatic rings. The van der Waals surface area contributed by atoms with E-state index >= 15 is 0 Å². The molecule has 0 aromatic carbocycles. The third-order valence-electron chi connectivity index (χ3n) is 2.32. The molecule has 0 fully saturated rings.